The van der Waals surface area contributed by atoms with Crippen molar-refractivity contribution in [3.63, 3.8) is 0 Å². The first-order chi connectivity index (χ1) is 7.61. The summed E-state index contributed by atoms with van der Waals surface area (Å²) in [4.78, 5) is 25.1. The van der Waals surface area contributed by atoms with Gasteiger partial charge in [-0.3, -0.25) is 0 Å². The van der Waals surface area contributed by atoms with E-state index in [9.17, 15) is 9.59 Å². The normalized spacial score (nSPS) is 8.47. The average molecular weight is 286 g/mol. The predicted molar refractivity (Wildman–Crippen MR) is 55.5 cm³/mol. The van der Waals surface area contributed by atoms with Crippen LogP contribution in [-0.4, -0.2) is 32.1 Å². The fourth-order valence-corrected chi connectivity index (χ4v) is 0.927. The minimum atomic E-state index is -0.921. The standard InChI is InChI=1S/2C5H5NO2.Cu/c2*7-5(8)4-2-1-3-6-4;/h2*1-3,6H,(H,7,8);. The molecule has 0 spiro atoms. The van der Waals surface area contributed by atoms with E-state index in [0.717, 1.165) is 0 Å². The molecule has 0 fully saturated rings. The molecule has 0 amide bonds. The zero-order valence-corrected chi connectivity index (χ0v) is 9.42. The van der Waals surface area contributed by atoms with E-state index in [0.29, 0.717) is 0 Å². The van der Waals surface area contributed by atoms with Gasteiger partial charge in [0, 0.05) is 29.5 Å². The van der Waals surface area contributed by atoms with Crippen molar-refractivity contribution in [2.24, 2.45) is 0 Å². The topological polar surface area (TPSA) is 106 Å². The summed E-state index contributed by atoms with van der Waals surface area (Å²) in [6.45, 7) is 0. The van der Waals surface area contributed by atoms with Crippen molar-refractivity contribution in [3.8, 4) is 0 Å². The Morgan fingerprint density at radius 2 is 1.24 bits per heavy atom. The molecular weight excluding hydrogens is 276 g/mol. The molecule has 2 heterocycles. The molecule has 4 N–H and O–H groups in total. The number of carboxylic acids is 2. The summed E-state index contributed by atoms with van der Waals surface area (Å²) in [6.07, 6.45) is 3.15. The Morgan fingerprint density at radius 1 is 0.882 bits per heavy atom. The van der Waals surface area contributed by atoms with Gasteiger partial charge in [-0.15, -0.1) is 0 Å². The minimum absolute atomic E-state index is 0. The third-order valence-corrected chi connectivity index (χ3v) is 1.66. The monoisotopic (exact) mass is 285 g/mol. The van der Waals surface area contributed by atoms with Crippen molar-refractivity contribution in [3.05, 3.63) is 48.0 Å². The minimum Gasteiger partial charge on any atom is -0.477 e. The van der Waals surface area contributed by atoms with E-state index in [1.54, 1.807) is 24.5 Å². The molecule has 0 aliphatic carbocycles. The Morgan fingerprint density at radius 3 is 1.35 bits per heavy atom. The van der Waals surface area contributed by atoms with Crippen molar-refractivity contribution in [2.75, 3.05) is 0 Å². The number of hydrogen-bond acceptors (Lipinski definition) is 2. The quantitative estimate of drug-likeness (QED) is 0.626. The molecule has 0 aromatic carbocycles. The van der Waals surface area contributed by atoms with Crippen LogP contribution in [0.3, 0.4) is 0 Å². The van der Waals surface area contributed by atoms with Gasteiger partial charge in [-0.05, 0) is 24.3 Å². The number of H-pyrrole nitrogens is 2. The zero-order valence-electron chi connectivity index (χ0n) is 8.48. The molecular formula is C10H10CuN2O4. The first-order valence-corrected chi connectivity index (χ1v) is 4.34. The van der Waals surface area contributed by atoms with Crippen LogP contribution in [0.15, 0.2) is 36.7 Å². The van der Waals surface area contributed by atoms with Crippen LogP contribution in [-0.2, 0) is 17.1 Å². The number of rotatable bonds is 2. The third kappa shape index (κ3) is 5.05. The summed E-state index contributed by atoms with van der Waals surface area (Å²) in [5.41, 5.74) is 0.454. The SMILES string of the molecule is O=C(O)c1ccc[nH]1.O=C(O)c1ccc[nH]1.[Cu]. The van der Waals surface area contributed by atoms with Gasteiger partial charge in [-0.25, -0.2) is 9.59 Å². The Kier molecular flexibility index (Phi) is 6.47. The Balaban J connectivity index is 0.000000284. The van der Waals surface area contributed by atoms with Gasteiger partial charge in [-0.2, -0.15) is 0 Å². The molecule has 95 valence electrons. The molecule has 0 bridgehead atoms. The van der Waals surface area contributed by atoms with Crippen molar-refractivity contribution in [1.29, 1.82) is 0 Å². The van der Waals surface area contributed by atoms with E-state index in [2.05, 4.69) is 9.97 Å². The molecule has 0 aliphatic heterocycles. The smallest absolute Gasteiger partial charge is 0.352 e. The van der Waals surface area contributed by atoms with Crippen LogP contribution < -0.4 is 0 Å². The summed E-state index contributed by atoms with van der Waals surface area (Å²) in [5, 5.41) is 16.5. The van der Waals surface area contributed by atoms with Crippen LogP contribution in [0.25, 0.3) is 0 Å². The second-order valence-corrected chi connectivity index (χ2v) is 2.78. The van der Waals surface area contributed by atoms with Gasteiger partial charge in [0.2, 0.25) is 0 Å². The second kappa shape index (κ2) is 7.32. The van der Waals surface area contributed by atoms with Crippen molar-refractivity contribution in [1.82, 2.24) is 9.97 Å². The van der Waals surface area contributed by atoms with Crippen molar-refractivity contribution in [2.45, 2.75) is 0 Å². The first-order valence-electron chi connectivity index (χ1n) is 4.34. The van der Waals surface area contributed by atoms with Gasteiger partial charge in [-0.1, -0.05) is 0 Å². The van der Waals surface area contributed by atoms with E-state index < -0.39 is 11.9 Å². The molecule has 2 aromatic rings. The average Bonchev–Trinajstić information content (AvgIpc) is 2.93. The molecule has 17 heavy (non-hydrogen) atoms. The molecule has 0 aliphatic rings. The molecule has 0 atom stereocenters. The van der Waals surface area contributed by atoms with E-state index >= 15 is 0 Å². The molecule has 2 rings (SSSR count). The maximum atomic E-state index is 10.0. The molecule has 6 nitrogen and oxygen atoms in total. The third-order valence-electron chi connectivity index (χ3n) is 1.66. The number of aromatic carboxylic acids is 2. The largest absolute Gasteiger partial charge is 0.477 e. The van der Waals surface area contributed by atoms with Gasteiger partial charge in [0.15, 0.2) is 0 Å². The van der Waals surface area contributed by atoms with Crippen LogP contribution in [0.5, 0.6) is 0 Å². The van der Waals surface area contributed by atoms with Crippen LogP contribution in [0.1, 0.15) is 21.0 Å². The fraction of sp³-hybridized carbons (Fsp3) is 0. The van der Waals surface area contributed by atoms with E-state index in [1.165, 1.54) is 12.1 Å². The summed E-state index contributed by atoms with van der Waals surface area (Å²) in [7, 11) is 0. The van der Waals surface area contributed by atoms with Gasteiger partial charge in [0.25, 0.3) is 0 Å². The first kappa shape index (κ1) is 15.0. The molecule has 1 radical (unpaired) electrons. The van der Waals surface area contributed by atoms with Crippen LogP contribution >= 0.6 is 0 Å². The van der Waals surface area contributed by atoms with Crippen LogP contribution in [0.2, 0.25) is 0 Å². The number of carboxylic acid groups (broad SMARTS) is 2. The van der Waals surface area contributed by atoms with Crippen LogP contribution in [0.4, 0.5) is 0 Å². The Labute approximate surface area is 107 Å². The number of nitrogens with one attached hydrogen (secondary N) is 2. The summed E-state index contributed by atoms with van der Waals surface area (Å²) in [6, 6.07) is 6.29. The maximum absolute atomic E-state index is 10.0. The second-order valence-electron chi connectivity index (χ2n) is 2.78. The molecule has 7 heteroatoms. The van der Waals surface area contributed by atoms with Gasteiger partial charge >= 0.3 is 11.9 Å². The Bertz CT molecular complexity index is 406. The van der Waals surface area contributed by atoms with Crippen LogP contribution in [0, 0.1) is 0 Å². The summed E-state index contributed by atoms with van der Waals surface area (Å²) in [5.74, 6) is -1.84. The molecule has 0 unspecified atom stereocenters. The van der Waals surface area contributed by atoms with E-state index in [-0.39, 0.29) is 28.5 Å². The number of aromatic amines is 2. The number of aromatic nitrogens is 2. The number of hydrogen-bond donors (Lipinski definition) is 4. The maximum Gasteiger partial charge on any atom is 0.352 e. The van der Waals surface area contributed by atoms with Crippen molar-refractivity contribution >= 4 is 11.9 Å². The molecule has 2 aromatic heterocycles. The Hall–Kier alpha value is -1.98. The van der Waals surface area contributed by atoms with E-state index in [1.807, 2.05) is 0 Å². The summed E-state index contributed by atoms with van der Waals surface area (Å²) < 4.78 is 0. The zero-order chi connectivity index (χ0) is 12.0. The number of carbonyl (C=O) groups is 2. The molecule has 0 saturated carbocycles. The summed E-state index contributed by atoms with van der Waals surface area (Å²) >= 11 is 0. The predicted octanol–water partition coefficient (Wildman–Crippen LogP) is 1.42. The van der Waals surface area contributed by atoms with E-state index in [4.69, 9.17) is 10.2 Å². The van der Waals surface area contributed by atoms with Gasteiger partial charge < -0.3 is 20.2 Å². The molecule has 0 saturated heterocycles. The van der Waals surface area contributed by atoms with Crippen molar-refractivity contribution < 1.29 is 36.9 Å². The van der Waals surface area contributed by atoms with Gasteiger partial charge in [0.05, 0.1) is 0 Å². The van der Waals surface area contributed by atoms with Gasteiger partial charge in [0.1, 0.15) is 11.4 Å². The fourth-order valence-electron chi connectivity index (χ4n) is 0.927.